The smallest absolute Gasteiger partial charge is 0.306 e. The summed E-state index contributed by atoms with van der Waals surface area (Å²) in [5.41, 5.74) is 0. The fraction of sp³-hybridized carbons (Fsp3) is 0.930. The van der Waals surface area contributed by atoms with E-state index in [1.165, 1.54) is 225 Å². The summed E-state index contributed by atoms with van der Waals surface area (Å²) in [6, 6.07) is -0.696. The van der Waals surface area contributed by atoms with E-state index < -0.39 is 18.2 Å². The number of amides is 1. The predicted octanol–water partition coefficient (Wildman–Crippen LogP) is 17.3. The molecule has 0 aromatic carbocycles. The molecule has 6 heteroatoms. The molecule has 0 fully saturated rings. The molecule has 0 rings (SSSR count). The zero-order chi connectivity index (χ0) is 45.9. The standard InChI is InChI=1S/C57H111NO5/c1-4-7-10-13-16-19-22-24-26-28-30-32-34-37-40-43-46-49-55(60)54(52-59)58-56(61)51-53(48-45-42-39-36-21-18-15-12-9-6-3)63-57(62)50-47-44-41-38-35-33-31-29-27-25-23-20-17-14-11-8-5-2/h25,27,53-55,59-60H,4-24,26,28-52H2,1-3H3,(H,58,61)/b27-25+. The predicted molar refractivity (Wildman–Crippen MR) is 273 cm³/mol. The van der Waals surface area contributed by atoms with E-state index in [4.69, 9.17) is 4.74 Å². The van der Waals surface area contributed by atoms with Crippen LogP contribution >= 0.6 is 0 Å². The monoisotopic (exact) mass is 890 g/mol. The third-order valence-electron chi connectivity index (χ3n) is 13.3. The molecule has 0 aliphatic carbocycles. The van der Waals surface area contributed by atoms with Crippen LogP contribution in [0.15, 0.2) is 12.2 Å². The van der Waals surface area contributed by atoms with Crippen LogP contribution in [0.5, 0.6) is 0 Å². The zero-order valence-electron chi connectivity index (χ0n) is 42.7. The lowest BCUT2D eigenvalue weighted by atomic mass is 10.0. The Hall–Kier alpha value is -1.40. The van der Waals surface area contributed by atoms with Crippen LogP contribution in [0.3, 0.4) is 0 Å². The van der Waals surface area contributed by atoms with Gasteiger partial charge < -0.3 is 20.3 Å². The fourth-order valence-electron chi connectivity index (χ4n) is 9.02. The summed E-state index contributed by atoms with van der Waals surface area (Å²) in [5.74, 6) is -0.459. The number of aliphatic hydroxyl groups is 2. The molecule has 0 bridgehead atoms. The molecular weight excluding hydrogens is 779 g/mol. The van der Waals surface area contributed by atoms with Crippen molar-refractivity contribution in [3.05, 3.63) is 12.2 Å². The molecule has 0 spiro atoms. The lowest BCUT2D eigenvalue weighted by Gasteiger charge is -2.24. The van der Waals surface area contributed by atoms with Crippen LogP contribution in [-0.4, -0.2) is 46.9 Å². The maximum atomic E-state index is 13.2. The van der Waals surface area contributed by atoms with Crippen molar-refractivity contribution >= 4 is 11.9 Å². The summed E-state index contributed by atoms with van der Waals surface area (Å²) < 4.78 is 5.94. The Morgan fingerprint density at radius 3 is 1.13 bits per heavy atom. The summed E-state index contributed by atoms with van der Waals surface area (Å²) in [7, 11) is 0. The minimum atomic E-state index is -0.783. The highest BCUT2D eigenvalue weighted by molar-refractivity contribution is 5.77. The Morgan fingerprint density at radius 2 is 0.762 bits per heavy atom. The summed E-state index contributed by atoms with van der Waals surface area (Å²) in [5, 5.41) is 23.8. The van der Waals surface area contributed by atoms with E-state index in [9.17, 15) is 19.8 Å². The topological polar surface area (TPSA) is 95.9 Å². The maximum Gasteiger partial charge on any atom is 0.306 e. The van der Waals surface area contributed by atoms with Crippen molar-refractivity contribution in [2.24, 2.45) is 0 Å². The Bertz CT molecular complexity index is 955. The van der Waals surface area contributed by atoms with Crippen molar-refractivity contribution in [3.8, 4) is 0 Å². The van der Waals surface area contributed by atoms with Crippen molar-refractivity contribution < 1.29 is 24.5 Å². The molecule has 0 saturated carbocycles. The molecule has 374 valence electrons. The number of ether oxygens (including phenoxy) is 1. The van der Waals surface area contributed by atoms with Crippen LogP contribution < -0.4 is 5.32 Å². The first-order chi connectivity index (χ1) is 31.0. The number of carbonyl (C=O) groups excluding carboxylic acids is 2. The van der Waals surface area contributed by atoms with Gasteiger partial charge in [0, 0.05) is 6.42 Å². The number of esters is 1. The number of aliphatic hydroxyl groups excluding tert-OH is 2. The average molecular weight is 891 g/mol. The molecule has 0 aromatic rings. The third kappa shape index (κ3) is 46.9. The van der Waals surface area contributed by atoms with Crippen LogP contribution in [0.2, 0.25) is 0 Å². The van der Waals surface area contributed by atoms with E-state index in [0.717, 1.165) is 44.9 Å². The quantitative estimate of drug-likeness (QED) is 0.0321. The molecule has 0 aromatic heterocycles. The van der Waals surface area contributed by atoms with Gasteiger partial charge in [0.25, 0.3) is 0 Å². The van der Waals surface area contributed by atoms with Gasteiger partial charge in [-0.05, 0) is 51.4 Å². The van der Waals surface area contributed by atoms with E-state index in [2.05, 4.69) is 38.2 Å². The highest BCUT2D eigenvalue weighted by Crippen LogP contribution is 2.19. The van der Waals surface area contributed by atoms with Gasteiger partial charge in [-0.2, -0.15) is 0 Å². The summed E-state index contributed by atoms with van der Waals surface area (Å²) in [6.45, 7) is 6.51. The van der Waals surface area contributed by atoms with Gasteiger partial charge in [-0.3, -0.25) is 9.59 Å². The first-order valence-electron chi connectivity index (χ1n) is 28.4. The van der Waals surface area contributed by atoms with Crippen molar-refractivity contribution in [2.75, 3.05) is 6.61 Å². The number of unbranched alkanes of at least 4 members (excludes halogenated alkanes) is 38. The highest BCUT2D eigenvalue weighted by Gasteiger charge is 2.24. The molecule has 3 N–H and O–H groups in total. The van der Waals surface area contributed by atoms with Crippen LogP contribution in [0.25, 0.3) is 0 Å². The van der Waals surface area contributed by atoms with E-state index in [-0.39, 0.29) is 24.9 Å². The molecule has 0 heterocycles. The Labute approximate surface area is 393 Å². The minimum absolute atomic E-state index is 0.0831. The first-order valence-corrected chi connectivity index (χ1v) is 28.4. The Kier molecular flexibility index (Phi) is 50.4. The molecule has 63 heavy (non-hydrogen) atoms. The largest absolute Gasteiger partial charge is 0.462 e. The molecule has 0 radical (unpaired) electrons. The van der Waals surface area contributed by atoms with Gasteiger partial charge in [0.2, 0.25) is 5.91 Å². The van der Waals surface area contributed by atoms with Gasteiger partial charge in [0.05, 0.1) is 25.2 Å². The van der Waals surface area contributed by atoms with E-state index in [1.807, 2.05) is 0 Å². The molecule has 0 saturated heterocycles. The molecular formula is C57H111NO5. The van der Waals surface area contributed by atoms with Gasteiger partial charge in [0.1, 0.15) is 6.10 Å². The van der Waals surface area contributed by atoms with Crippen molar-refractivity contribution in [1.82, 2.24) is 5.32 Å². The third-order valence-corrected chi connectivity index (χ3v) is 13.3. The normalized spacial score (nSPS) is 13.2. The number of hydrogen-bond acceptors (Lipinski definition) is 5. The number of carbonyl (C=O) groups is 2. The average Bonchev–Trinajstić information content (AvgIpc) is 3.28. The van der Waals surface area contributed by atoms with Crippen molar-refractivity contribution in [1.29, 1.82) is 0 Å². The minimum Gasteiger partial charge on any atom is -0.462 e. The maximum absolute atomic E-state index is 13.2. The van der Waals surface area contributed by atoms with E-state index >= 15 is 0 Å². The molecule has 1 amide bonds. The van der Waals surface area contributed by atoms with Crippen molar-refractivity contribution in [3.63, 3.8) is 0 Å². The summed E-state index contributed by atoms with van der Waals surface area (Å²) >= 11 is 0. The van der Waals surface area contributed by atoms with Crippen LogP contribution in [0.1, 0.15) is 316 Å². The van der Waals surface area contributed by atoms with Gasteiger partial charge in [0.15, 0.2) is 0 Å². The Morgan fingerprint density at radius 1 is 0.444 bits per heavy atom. The van der Waals surface area contributed by atoms with Crippen LogP contribution in [-0.2, 0) is 14.3 Å². The SMILES string of the molecule is CCCCCCCC/C=C/CCCCCCCCCC(=O)OC(CCCCCCCCCCCC)CC(=O)NC(CO)C(O)CCCCCCCCCCCCCCCCCCC. The second-order valence-corrected chi connectivity index (χ2v) is 19.7. The molecule has 0 aliphatic heterocycles. The van der Waals surface area contributed by atoms with Crippen LogP contribution in [0.4, 0.5) is 0 Å². The summed E-state index contributed by atoms with van der Waals surface area (Å²) in [6.07, 6.45) is 58.5. The second-order valence-electron chi connectivity index (χ2n) is 19.7. The van der Waals surface area contributed by atoms with E-state index in [1.54, 1.807) is 0 Å². The van der Waals surface area contributed by atoms with Crippen molar-refractivity contribution in [2.45, 2.75) is 334 Å². The zero-order valence-corrected chi connectivity index (χ0v) is 42.7. The second kappa shape index (κ2) is 51.6. The highest BCUT2D eigenvalue weighted by atomic mass is 16.5. The van der Waals surface area contributed by atoms with Gasteiger partial charge in [-0.1, -0.05) is 264 Å². The molecule has 6 nitrogen and oxygen atoms in total. The lowest BCUT2D eigenvalue weighted by molar-refractivity contribution is -0.151. The molecule has 0 aliphatic rings. The number of hydrogen-bond donors (Lipinski definition) is 3. The summed E-state index contributed by atoms with van der Waals surface area (Å²) in [4.78, 5) is 26.2. The van der Waals surface area contributed by atoms with E-state index in [0.29, 0.717) is 19.3 Å². The molecule has 3 unspecified atom stereocenters. The fourth-order valence-corrected chi connectivity index (χ4v) is 9.02. The first kappa shape index (κ1) is 61.6. The van der Waals surface area contributed by atoms with Crippen LogP contribution in [0, 0.1) is 0 Å². The van der Waals surface area contributed by atoms with Gasteiger partial charge in [-0.25, -0.2) is 0 Å². The number of allylic oxidation sites excluding steroid dienone is 2. The molecule has 3 atom stereocenters. The number of nitrogens with one attached hydrogen (secondary N) is 1. The lowest BCUT2D eigenvalue weighted by Crippen LogP contribution is -2.46. The van der Waals surface area contributed by atoms with Gasteiger partial charge >= 0.3 is 5.97 Å². The number of rotatable bonds is 52. The Balaban J connectivity index is 4.39. The van der Waals surface area contributed by atoms with Gasteiger partial charge in [-0.15, -0.1) is 0 Å².